The van der Waals surface area contributed by atoms with Gasteiger partial charge in [-0.15, -0.1) is 0 Å². The Morgan fingerprint density at radius 1 is 1.15 bits per heavy atom. The Morgan fingerprint density at radius 3 is 2.59 bits per heavy atom. The molecule has 3 aromatic rings. The Bertz CT molecular complexity index is 1070. The third-order valence-corrected chi connectivity index (χ3v) is 5.20. The van der Waals surface area contributed by atoms with E-state index in [0.29, 0.717) is 23.0 Å². The topological polar surface area (TPSA) is 69.9 Å². The van der Waals surface area contributed by atoms with Gasteiger partial charge in [0, 0.05) is 18.7 Å². The van der Waals surface area contributed by atoms with Gasteiger partial charge in [0.15, 0.2) is 4.80 Å². The number of nitrogens with zero attached hydrogens (tertiary/aromatic N) is 2. The minimum Gasteiger partial charge on any atom is -0.465 e. The summed E-state index contributed by atoms with van der Waals surface area (Å²) in [5, 5.41) is 0.608. The van der Waals surface area contributed by atoms with Gasteiger partial charge < -0.3 is 14.0 Å². The van der Waals surface area contributed by atoms with Crippen LogP contribution in [0.1, 0.15) is 20.7 Å². The molecule has 27 heavy (non-hydrogen) atoms. The van der Waals surface area contributed by atoms with Crippen molar-refractivity contribution in [2.75, 3.05) is 20.8 Å². The Hall–Kier alpha value is -2.48. The molecule has 0 bridgehead atoms. The monoisotopic (exact) mass is 404 g/mol. The van der Waals surface area contributed by atoms with Crippen LogP contribution in [-0.4, -0.2) is 37.3 Å². The highest BCUT2D eigenvalue weighted by molar-refractivity contribution is 7.16. The molecule has 1 aromatic heterocycles. The first-order chi connectivity index (χ1) is 13.0. The van der Waals surface area contributed by atoms with Crippen LogP contribution >= 0.6 is 22.9 Å². The molecule has 0 radical (unpaired) electrons. The Labute approximate surface area is 164 Å². The van der Waals surface area contributed by atoms with E-state index in [9.17, 15) is 9.59 Å². The number of hydrogen-bond donors (Lipinski definition) is 0. The molecule has 0 saturated carbocycles. The van der Waals surface area contributed by atoms with E-state index in [1.807, 2.05) is 16.7 Å². The Kier molecular flexibility index (Phi) is 6.05. The quantitative estimate of drug-likeness (QED) is 0.610. The maximum Gasteiger partial charge on any atom is 0.338 e. The van der Waals surface area contributed by atoms with E-state index in [-0.39, 0.29) is 11.1 Å². The van der Waals surface area contributed by atoms with Crippen molar-refractivity contribution in [1.82, 2.24) is 4.57 Å². The first-order valence-corrected chi connectivity index (χ1v) is 9.29. The van der Waals surface area contributed by atoms with Crippen LogP contribution in [0.25, 0.3) is 10.2 Å². The molecule has 0 saturated heterocycles. The molecule has 0 aliphatic rings. The van der Waals surface area contributed by atoms with Gasteiger partial charge in [-0.3, -0.25) is 4.79 Å². The molecule has 3 rings (SSSR count). The lowest BCUT2D eigenvalue weighted by atomic mass is 10.1. The van der Waals surface area contributed by atoms with Crippen molar-refractivity contribution in [2.45, 2.75) is 6.54 Å². The van der Waals surface area contributed by atoms with Crippen LogP contribution in [0.4, 0.5) is 0 Å². The molecule has 8 heteroatoms. The summed E-state index contributed by atoms with van der Waals surface area (Å²) >= 11 is 7.43. The van der Waals surface area contributed by atoms with Crippen LogP contribution in [0.3, 0.4) is 0 Å². The lowest BCUT2D eigenvalue weighted by molar-refractivity contribution is 0.0597. The van der Waals surface area contributed by atoms with Gasteiger partial charge in [-0.25, -0.2) is 4.79 Å². The lowest BCUT2D eigenvalue weighted by Crippen LogP contribution is -2.20. The molecule has 2 aromatic carbocycles. The normalized spacial score (nSPS) is 11.7. The SMILES string of the molecule is COCCn1c(=NC(=O)c2ccccc2C(=O)OC)sc2cc(Cl)ccc21. The maximum atomic E-state index is 12.8. The number of hydrogen-bond acceptors (Lipinski definition) is 5. The first kappa shape index (κ1) is 19.3. The summed E-state index contributed by atoms with van der Waals surface area (Å²) < 4.78 is 12.7. The van der Waals surface area contributed by atoms with Crippen molar-refractivity contribution >= 4 is 45.0 Å². The van der Waals surface area contributed by atoms with E-state index in [1.54, 1.807) is 31.4 Å². The van der Waals surface area contributed by atoms with E-state index < -0.39 is 11.9 Å². The standard InChI is InChI=1S/C19H17ClN2O4S/c1-25-10-9-22-15-8-7-12(20)11-16(15)27-19(22)21-17(23)13-5-3-4-6-14(13)18(24)26-2/h3-8,11H,9-10H2,1-2H3. The number of fused-ring (bicyclic) bond motifs is 1. The summed E-state index contributed by atoms with van der Waals surface area (Å²) in [6.07, 6.45) is 0. The van der Waals surface area contributed by atoms with E-state index in [1.165, 1.54) is 24.5 Å². The van der Waals surface area contributed by atoms with Crippen molar-refractivity contribution < 1.29 is 19.1 Å². The number of amides is 1. The zero-order chi connectivity index (χ0) is 19.4. The average Bonchev–Trinajstić information content (AvgIpc) is 3.01. The minimum absolute atomic E-state index is 0.182. The number of esters is 1. The number of carbonyl (C=O) groups is 2. The van der Waals surface area contributed by atoms with Gasteiger partial charge >= 0.3 is 5.97 Å². The molecule has 1 heterocycles. The van der Waals surface area contributed by atoms with Crippen LogP contribution in [0.5, 0.6) is 0 Å². The van der Waals surface area contributed by atoms with Crippen molar-refractivity contribution in [3.8, 4) is 0 Å². The molecule has 0 unspecified atom stereocenters. The zero-order valence-corrected chi connectivity index (χ0v) is 16.3. The van der Waals surface area contributed by atoms with Gasteiger partial charge in [-0.05, 0) is 30.3 Å². The second kappa shape index (κ2) is 8.47. The summed E-state index contributed by atoms with van der Waals surface area (Å²) in [6.45, 7) is 0.997. The number of rotatable bonds is 5. The number of methoxy groups -OCH3 is 2. The fraction of sp³-hybridized carbons (Fsp3) is 0.211. The van der Waals surface area contributed by atoms with Gasteiger partial charge in [0.25, 0.3) is 5.91 Å². The van der Waals surface area contributed by atoms with Crippen molar-refractivity contribution in [2.24, 2.45) is 4.99 Å². The highest BCUT2D eigenvalue weighted by Gasteiger charge is 2.17. The second-order valence-corrected chi connectivity index (χ2v) is 7.04. The second-order valence-electron chi connectivity index (χ2n) is 5.60. The lowest BCUT2D eigenvalue weighted by Gasteiger charge is -2.05. The zero-order valence-electron chi connectivity index (χ0n) is 14.8. The minimum atomic E-state index is -0.579. The smallest absolute Gasteiger partial charge is 0.338 e. The molecule has 0 aliphatic heterocycles. The molecular weight excluding hydrogens is 388 g/mol. The number of carbonyl (C=O) groups excluding carboxylic acids is 2. The maximum absolute atomic E-state index is 12.8. The Morgan fingerprint density at radius 2 is 1.89 bits per heavy atom. The molecule has 0 fully saturated rings. The van der Waals surface area contributed by atoms with Gasteiger partial charge in [0.1, 0.15) is 0 Å². The number of aromatic nitrogens is 1. The highest BCUT2D eigenvalue weighted by atomic mass is 35.5. The molecule has 0 atom stereocenters. The highest BCUT2D eigenvalue weighted by Crippen LogP contribution is 2.22. The molecule has 0 N–H and O–H groups in total. The van der Waals surface area contributed by atoms with E-state index in [0.717, 1.165) is 10.2 Å². The summed E-state index contributed by atoms with van der Waals surface area (Å²) in [6, 6.07) is 12.0. The Balaban J connectivity index is 2.13. The van der Waals surface area contributed by atoms with Crippen LogP contribution in [0, 0.1) is 0 Å². The summed E-state index contributed by atoms with van der Waals surface area (Å²) in [5.41, 5.74) is 1.29. The van der Waals surface area contributed by atoms with E-state index >= 15 is 0 Å². The van der Waals surface area contributed by atoms with Gasteiger partial charge in [-0.2, -0.15) is 4.99 Å². The number of ether oxygens (including phenoxy) is 2. The van der Waals surface area contributed by atoms with Crippen molar-refractivity contribution in [3.05, 3.63) is 63.4 Å². The predicted molar refractivity (Wildman–Crippen MR) is 104 cm³/mol. The van der Waals surface area contributed by atoms with Crippen LogP contribution in [0.15, 0.2) is 47.5 Å². The molecule has 6 nitrogen and oxygen atoms in total. The van der Waals surface area contributed by atoms with E-state index in [4.69, 9.17) is 21.1 Å². The van der Waals surface area contributed by atoms with Gasteiger partial charge in [-0.1, -0.05) is 35.1 Å². The largest absolute Gasteiger partial charge is 0.465 e. The van der Waals surface area contributed by atoms with E-state index in [2.05, 4.69) is 4.99 Å². The van der Waals surface area contributed by atoms with Gasteiger partial charge in [0.2, 0.25) is 0 Å². The van der Waals surface area contributed by atoms with Crippen LogP contribution in [-0.2, 0) is 16.0 Å². The van der Waals surface area contributed by atoms with Gasteiger partial charge in [0.05, 0.1) is 35.1 Å². The van der Waals surface area contributed by atoms with Crippen LogP contribution in [0.2, 0.25) is 5.02 Å². The molecule has 1 amide bonds. The van der Waals surface area contributed by atoms with Crippen LogP contribution < -0.4 is 4.80 Å². The number of thiazole rings is 1. The third-order valence-electron chi connectivity index (χ3n) is 3.92. The first-order valence-electron chi connectivity index (χ1n) is 8.09. The molecule has 140 valence electrons. The summed E-state index contributed by atoms with van der Waals surface area (Å²) in [5.74, 6) is -1.09. The predicted octanol–water partition coefficient (Wildman–Crippen LogP) is 3.53. The van der Waals surface area contributed by atoms with Crippen molar-refractivity contribution in [1.29, 1.82) is 0 Å². The van der Waals surface area contributed by atoms with Crippen molar-refractivity contribution in [3.63, 3.8) is 0 Å². The summed E-state index contributed by atoms with van der Waals surface area (Å²) in [4.78, 5) is 29.5. The molecular formula is C19H17ClN2O4S. The fourth-order valence-electron chi connectivity index (χ4n) is 2.64. The molecule has 0 aliphatic carbocycles. The average molecular weight is 405 g/mol. The fourth-order valence-corrected chi connectivity index (χ4v) is 3.97. The number of halogens is 1. The molecule has 0 spiro atoms. The number of benzene rings is 2. The third kappa shape index (κ3) is 4.10. The summed E-state index contributed by atoms with van der Waals surface area (Å²) in [7, 11) is 2.88.